The smallest absolute Gasteiger partial charge is 0.416 e. The largest absolute Gasteiger partial charge is 0.471 e. The number of hydrogen-bond acceptors (Lipinski definition) is 4. The van der Waals surface area contributed by atoms with Crippen LogP contribution in [-0.4, -0.2) is 45.9 Å². The van der Waals surface area contributed by atoms with Crippen LogP contribution in [-0.2, 0) is 17.6 Å². The van der Waals surface area contributed by atoms with E-state index in [4.69, 9.17) is 9.47 Å². The minimum absolute atomic E-state index is 0.0518. The SMILES string of the molecule is C[C@H]1CN(C(=O)c2ccn(COc3cccc(C(F)(F)F)c3)n2)C[C@H](C)O1. The van der Waals surface area contributed by atoms with Crippen LogP contribution in [0, 0.1) is 0 Å². The second kappa shape index (κ2) is 7.59. The molecular formula is C18H20F3N3O3. The summed E-state index contributed by atoms with van der Waals surface area (Å²) < 4.78 is 50.5. The lowest BCUT2D eigenvalue weighted by molar-refractivity contribution is -0.137. The topological polar surface area (TPSA) is 56.6 Å². The lowest BCUT2D eigenvalue weighted by Gasteiger charge is -2.34. The molecule has 146 valence electrons. The van der Waals surface area contributed by atoms with Gasteiger partial charge in [-0.05, 0) is 38.1 Å². The lowest BCUT2D eigenvalue weighted by Crippen LogP contribution is -2.48. The third kappa shape index (κ3) is 4.79. The van der Waals surface area contributed by atoms with Gasteiger partial charge in [-0.3, -0.25) is 4.79 Å². The molecule has 1 aliphatic heterocycles. The molecule has 1 fully saturated rings. The van der Waals surface area contributed by atoms with Crippen LogP contribution in [0.5, 0.6) is 5.75 Å². The number of carbonyl (C=O) groups excluding carboxylic acids is 1. The second-order valence-corrected chi connectivity index (χ2v) is 6.51. The molecule has 0 bridgehead atoms. The van der Waals surface area contributed by atoms with Crippen LogP contribution < -0.4 is 4.74 Å². The van der Waals surface area contributed by atoms with Crippen molar-refractivity contribution in [2.24, 2.45) is 0 Å². The van der Waals surface area contributed by atoms with E-state index in [0.717, 1.165) is 12.1 Å². The first-order valence-electron chi connectivity index (χ1n) is 8.50. The Morgan fingerprint density at radius 1 is 1.26 bits per heavy atom. The standard InChI is InChI=1S/C18H20F3N3O3/c1-12-9-23(10-13(2)27-12)17(25)16-6-7-24(22-16)11-26-15-5-3-4-14(8-15)18(19,20)21/h3-8,12-13H,9-11H2,1-2H3/t12-,13-/m0/s1. The second-order valence-electron chi connectivity index (χ2n) is 6.51. The van der Waals surface area contributed by atoms with Crippen molar-refractivity contribution in [1.82, 2.24) is 14.7 Å². The molecule has 2 heterocycles. The number of amides is 1. The number of aromatic nitrogens is 2. The Kier molecular flexibility index (Phi) is 5.41. The third-order valence-corrected chi connectivity index (χ3v) is 4.09. The number of nitrogens with zero attached hydrogens (tertiary/aromatic N) is 3. The van der Waals surface area contributed by atoms with Crippen LogP contribution in [0.15, 0.2) is 36.5 Å². The Bertz CT molecular complexity index is 796. The number of carbonyl (C=O) groups is 1. The highest BCUT2D eigenvalue weighted by Crippen LogP contribution is 2.31. The zero-order chi connectivity index (χ0) is 19.6. The van der Waals surface area contributed by atoms with Crippen molar-refractivity contribution in [3.05, 3.63) is 47.8 Å². The zero-order valence-electron chi connectivity index (χ0n) is 14.9. The van der Waals surface area contributed by atoms with Gasteiger partial charge in [0.05, 0.1) is 17.8 Å². The quantitative estimate of drug-likeness (QED) is 0.814. The highest BCUT2D eigenvalue weighted by molar-refractivity contribution is 5.92. The van der Waals surface area contributed by atoms with Gasteiger partial charge in [0.2, 0.25) is 0 Å². The molecule has 1 aliphatic rings. The molecule has 0 unspecified atom stereocenters. The van der Waals surface area contributed by atoms with Gasteiger partial charge < -0.3 is 14.4 Å². The number of halogens is 3. The van der Waals surface area contributed by atoms with Gasteiger partial charge in [0.25, 0.3) is 5.91 Å². The predicted octanol–water partition coefficient (Wildman–Crippen LogP) is 3.19. The van der Waals surface area contributed by atoms with Crippen LogP contribution in [0.4, 0.5) is 13.2 Å². The molecule has 6 nitrogen and oxygen atoms in total. The van der Waals surface area contributed by atoms with Crippen molar-refractivity contribution in [3.8, 4) is 5.75 Å². The van der Waals surface area contributed by atoms with Gasteiger partial charge >= 0.3 is 6.18 Å². The summed E-state index contributed by atoms with van der Waals surface area (Å²) in [7, 11) is 0. The van der Waals surface area contributed by atoms with Crippen LogP contribution in [0.25, 0.3) is 0 Å². The molecular weight excluding hydrogens is 363 g/mol. The van der Waals surface area contributed by atoms with Crippen molar-refractivity contribution >= 4 is 5.91 Å². The normalized spacial score (nSPS) is 20.6. The van der Waals surface area contributed by atoms with Gasteiger partial charge in [-0.1, -0.05) is 6.07 Å². The van der Waals surface area contributed by atoms with E-state index in [1.807, 2.05) is 13.8 Å². The molecule has 2 atom stereocenters. The van der Waals surface area contributed by atoms with E-state index in [0.29, 0.717) is 13.1 Å². The monoisotopic (exact) mass is 383 g/mol. The van der Waals surface area contributed by atoms with Crippen molar-refractivity contribution in [1.29, 1.82) is 0 Å². The number of morpholine rings is 1. The van der Waals surface area contributed by atoms with Crippen LogP contribution in [0.2, 0.25) is 0 Å². The van der Waals surface area contributed by atoms with E-state index in [1.54, 1.807) is 17.2 Å². The fourth-order valence-electron chi connectivity index (χ4n) is 2.96. The fourth-order valence-corrected chi connectivity index (χ4v) is 2.96. The molecule has 2 aromatic rings. The van der Waals surface area contributed by atoms with Crippen LogP contribution in [0.1, 0.15) is 29.9 Å². The molecule has 1 saturated heterocycles. The Morgan fingerprint density at radius 2 is 1.96 bits per heavy atom. The Hall–Kier alpha value is -2.55. The molecule has 0 spiro atoms. The summed E-state index contributed by atoms with van der Waals surface area (Å²) in [5.74, 6) is -0.140. The summed E-state index contributed by atoms with van der Waals surface area (Å²) in [6, 6.07) is 6.16. The first-order chi connectivity index (χ1) is 12.7. The first kappa shape index (κ1) is 19.2. The highest BCUT2D eigenvalue weighted by atomic mass is 19.4. The van der Waals surface area contributed by atoms with Crippen molar-refractivity contribution < 1.29 is 27.4 Å². The average Bonchev–Trinajstić information content (AvgIpc) is 3.07. The average molecular weight is 383 g/mol. The van der Waals surface area contributed by atoms with E-state index < -0.39 is 11.7 Å². The van der Waals surface area contributed by atoms with Gasteiger partial charge in [-0.2, -0.15) is 18.3 Å². The summed E-state index contributed by atoms with van der Waals surface area (Å²) in [4.78, 5) is 14.2. The lowest BCUT2D eigenvalue weighted by atomic mass is 10.2. The third-order valence-electron chi connectivity index (χ3n) is 4.09. The van der Waals surface area contributed by atoms with E-state index in [9.17, 15) is 18.0 Å². The number of hydrogen-bond donors (Lipinski definition) is 0. The van der Waals surface area contributed by atoms with Crippen molar-refractivity contribution in [2.75, 3.05) is 13.1 Å². The summed E-state index contributed by atoms with van der Waals surface area (Å²) in [5, 5.41) is 4.16. The highest BCUT2D eigenvalue weighted by Gasteiger charge is 2.30. The van der Waals surface area contributed by atoms with Crippen LogP contribution in [0.3, 0.4) is 0 Å². The van der Waals surface area contributed by atoms with Gasteiger partial charge in [0.15, 0.2) is 12.4 Å². The maximum absolute atomic E-state index is 12.7. The Balaban J connectivity index is 1.62. The summed E-state index contributed by atoms with van der Waals surface area (Å²) in [6.45, 7) is 4.66. The summed E-state index contributed by atoms with van der Waals surface area (Å²) >= 11 is 0. The molecule has 9 heteroatoms. The van der Waals surface area contributed by atoms with Gasteiger partial charge in [0, 0.05) is 19.3 Å². The van der Waals surface area contributed by atoms with Crippen LogP contribution >= 0.6 is 0 Å². The summed E-state index contributed by atoms with van der Waals surface area (Å²) in [6.07, 6.45) is -2.99. The molecule has 27 heavy (non-hydrogen) atoms. The molecule has 3 rings (SSSR count). The molecule has 0 aliphatic carbocycles. The maximum atomic E-state index is 12.7. The van der Waals surface area contributed by atoms with Gasteiger partial charge in [-0.15, -0.1) is 0 Å². The molecule has 0 N–H and O–H groups in total. The molecule has 1 aromatic heterocycles. The Morgan fingerprint density at radius 3 is 2.63 bits per heavy atom. The maximum Gasteiger partial charge on any atom is 0.416 e. The Labute approximate surface area is 154 Å². The number of alkyl halides is 3. The summed E-state index contributed by atoms with van der Waals surface area (Å²) in [5.41, 5.74) is -0.532. The zero-order valence-corrected chi connectivity index (χ0v) is 14.9. The fraction of sp³-hybridized carbons (Fsp3) is 0.444. The number of benzene rings is 1. The number of ether oxygens (including phenoxy) is 2. The first-order valence-corrected chi connectivity index (χ1v) is 8.50. The van der Waals surface area contributed by atoms with E-state index in [2.05, 4.69) is 5.10 Å². The van der Waals surface area contributed by atoms with Crippen molar-refractivity contribution in [3.63, 3.8) is 0 Å². The van der Waals surface area contributed by atoms with Gasteiger partial charge in [-0.25, -0.2) is 4.68 Å². The van der Waals surface area contributed by atoms with E-state index in [1.165, 1.54) is 16.8 Å². The molecule has 0 radical (unpaired) electrons. The van der Waals surface area contributed by atoms with Crippen molar-refractivity contribution in [2.45, 2.75) is 39.0 Å². The molecule has 1 amide bonds. The van der Waals surface area contributed by atoms with Gasteiger partial charge in [0.1, 0.15) is 5.75 Å². The molecule has 0 saturated carbocycles. The van der Waals surface area contributed by atoms with E-state index in [-0.39, 0.29) is 36.3 Å². The minimum atomic E-state index is -4.43. The minimum Gasteiger partial charge on any atom is -0.471 e. The predicted molar refractivity (Wildman–Crippen MR) is 90.2 cm³/mol. The number of rotatable bonds is 4. The van der Waals surface area contributed by atoms with E-state index >= 15 is 0 Å². The molecule has 1 aromatic carbocycles.